The molecule has 0 atom stereocenters. The van der Waals surface area contributed by atoms with Crippen molar-refractivity contribution in [1.29, 1.82) is 0 Å². The number of carbonyl (C=O) groups is 1. The smallest absolute Gasteiger partial charge is 0.286 e. The molecule has 1 amide bonds. The van der Waals surface area contributed by atoms with Crippen LogP contribution >= 0.6 is 11.8 Å². The fourth-order valence-electron chi connectivity index (χ4n) is 2.44. The van der Waals surface area contributed by atoms with Crippen molar-refractivity contribution in [3.05, 3.63) is 64.6 Å². The molecule has 5 nitrogen and oxygen atoms in total. The summed E-state index contributed by atoms with van der Waals surface area (Å²) in [6.45, 7) is 3.12. The summed E-state index contributed by atoms with van der Waals surface area (Å²) in [6.07, 6.45) is 2.51. The average molecular weight is 368 g/mol. The van der Waals surface area contributed by atoms with E-state index in [4.69, 9.17) is 15.2 Å². The van der Waals surface area contributed by atoms with Crippen LogP contribution in [0, 0.1) is 6.92 Å². The number of thioether (sulfide) groups is 1. The summed E-state index contributed by atoms with van der Waals surface area (Å²) in [5.41, 5.74) is 7.53. The highest BCUT2D eigenvalue weighted by Gasteiger charge is 2.20. The predicted octanol–water partition coefficient (Wildman–Crippen LogP) is 3.77. The summed E-state index contributed by atoms with van der Waals surface area (Å²) < 4.78 is 11.6. The van der Waals surface area contributed by atoms with E-state index >= 15 is 0 Å². The van der Waals surface area contributed by atoms with Crippen LogP contribution < -0.4 is 15.2 Å². The minimum Gasteiger partial charge on any atom is -0.493 e. The highest BCUT2D eigenvalue weighted by Crippen LogP contribution is 2.29. The summed E-state index contributed by atoms with van der Waals surface area (Å²) >= 11 is 1.17. The second-order valence-electron chi connectivity index (χ2n) is 5.72. The molecule has 0 spiro atoms. The molecule has 1 aliphatic rings. The Labute approximate surface area is 156 Å². The summed E-state index contributed by atoms with van der Waals surface area (Å²) in [5, 5.41) is 0.271. The Morgan fingerprint density at radius 2 is 1.69 bits per heavy atom. The van der Waals surface area contributed by atoms with Crippen molar-refractivity contribution in [3.8, 4) is 11.5 Å². The standard InChI is InChI=1S/C20H20N2O3S/c1-14-7-2-4-9-16(14)24-11-6-12-25-17-10-5-3-8-15(17)13-18-19(23)22-20(21)26-18/h2-5,7-10,13H,6,11-12H2,1H3,(H2,21,22,23)/b18-13+. The number of aryl methyl sites for hydroxylation is 1. The molecule has 0 bridgehead atoms. The number of aliphatic imine (C=N–C) groups is 1. The van der Waals surface area contributed by atoms with Crippen LogP contribution in [-0.2, 0) is 4.79 Å². The largest absolute Gasteiger partial charge is 0.493 e. The number of nitrogens with two attached hydrogens (primary N) is 1. The SMILES string of the molecule is Cc1ccccc1OCCCOc1ccccc1/C=C1/SC(N)=NC1=O. The van der Waals surface area contributed by atoms with Gasteiger partial charge in [-0.3, -0.25) is 4.79 Å². The quantitative estimate of drug-likeness (QED) is 0.595. The molecular weight excluding hydrogens is 348 g/mol. The molecule has 0 aromatic heterocycles. The van der Waals surface area contributed by atoms with Crippen molar-refractivity contribution in [3.63, 3.8) is 0 Å². The lowest BCUT2D eigenvalue weighted by Crippen LogP contribution is -2.06. The second-order valence-corrected chi connectivity index (χ2v) is 6.78. The minimum absolute atomic E-state index is 0.271. The maximum Gasteiger partial charge on any atom is 0.286 e. The van der Waals surface area contributed by atoms with Crippen molar-refractivity contribution in [2.75, 3.05) is 13.2 Å². The monoisotopic (exact) mass is 368 g/mol. The van der Waals surface area contributed by atoms with Gasteiger partial charge in [-0.1, -0.05) is 36.4 Å². The summed E-state index contributed by atoms with van der Waals surface area (Å²) in [5.74, 6) is 1.30. The molecule has 1 heterocycles. The number of rotatable bonds is 7. The zero-order valence-corrected chi connectivity index (χ0v) is 15.3. The van der Waals surface area contributed by atoms with E-state index in [1.165, 1.54) is 11.8 Å². The number of benzene rings is 2. The van der Waals surface area contributed by atoms with Crippen molar-refractivity contribution in [1.82, 2.24) is 0 Å². The van der Waals surface area contributed by atoms with Crippen molar-refractivity contribution in [2.45, 2.75) is 13.3 Å². The lowest BCUT2D eigenvalue weighted by Gasteiger charge is -2.11. The van der Waals surface area contributed by atoms with Crippen LogP contribution in [0.1, 0.15) is 17.5 Å². The molecule has 6 heteroatoms. The lowest BCUT2D eigenvalue weighted by molar-refractivity contribution is -0.113. The number of amidine groups is 1. The first-order valence-corrected chi connectivity index (χ1v) is 9.13. The predicted molar refractivity (Wildman–Crippen MR) is 105 cm³/mol. The van der Waals surface area contributed by atoms with Gasteiger partial charge in [0.2, 0.25) is 0 Å². The third-order valence-electron chi connectivity index (χ3n) is 3.74. The molecule has 0 saturated carbocycles. The fourth-order valence-corrected chi connectivity index (χ4v) is 3.11. The fraction of sp³-hybridized carbons (Fsp3) is 0.200. The van der Waals surface area contributed by atoms with E-state index in [0.717, 1.165) is 29.0 Å². The number of amides is 1. The highest BCUT2D eigenvalue weighted by molar-refractivity contribution is 8.18. The van der Waals surface area contributed by atoms with Gasteiger partial charge in [0.1, 0.15) is 11.5 Å². The van der Waals surface area contributed by atoms with Gasteiger partial charge in [-0.2, -0.15) is 4.99 Å². The molecule has 0 aliphatic carbocycles. The zero-order chi connectivity index (χ0) is 18.4. The molecule has 0 radical (unpaired) electrons. The maximum atomic E-state index is 11.7. The molecular formula is C20H20N2O3S. The number of hydrogen-bond donors (Lipinski definition) is 1. The van der Waals surface area contributed by atoms with E-state index < -0.39 is 0 Å². The number of hydrogen-bond acceptors (Lipinski definition) is 5. The van der Waals surface area contributed by atoms with Crippen molar-refractivity contribution in [2.24, 2.45) is 10.7 Å². The van der Waals surface area contributed by atoms with Crippen LogP contribution in [0.2, 0.25) is 0 Å². The number of para-hydroxylation sites is 2. The normalized spacial score (nSPS) is 15.2. The zero-order valence-electron chi connectivity index (χ0n) is 14.5. The second kappa shape index (κ2) is 8.58. The Morgan fingerprint density at radius 1 is 1.04 bits per heavy atom. The maximum absolute atomic E-state index is 11.7. The first kappa shape index (κ1) is 18.1. The molecule has 2 N–H and O–H groups in total. The highest BCUT2D eigenvalue weighted by atomic mass is 32.2. The molecule has 2 aromatic carbocycles. The first-order chi connectivity index (χ1) is 12.6. The molecule has 3 rings (SSSR count). The summed E-state index contributed by atoms with van der Waals surface area (Å²) in [4.78, 5) is 16.0. The molecule has 0 unspecified atom stereocenters. The van der Waals surface area contributed by atoms with Gasteiger partial charge in [-0.25, -0.2) is 0 Å². The molecule has 0 saturated heterocycles. The van der Waals surface area contributed by atoms with Gasteiger partial charge in [0.05, 0.1) is 18.1 Å². The van der Waals surface area contributed by atoms with Crippen LogP contribution in [0.15, 0.2) is 58.4 Å². The van der Waals surface area contributed by atoms with Crippen LogP contribution in [0.3, 0.4) is 0 Å². The van der Waals surface area contributed by atoms with Gasteiger partial charge in [-0.05, 0) is 42.5 Å². The molecule has 0 fully saturated rings. The first-order valence-electron chi connectivity index (χ1n) is 8.32. The lowest BCUT2D eigenvalue weighted by atomic mass is 10.2. The van der Waals surface area contributed by atoms with E-state index in [2.05, 4.69) is 4.99 Å². The Hall–Kier alpha value is -2.73. The molecule has 134 valence electrons. The van der Waals surface area contributed by atoms with Gasteiger partial charge in [0.15, 0.2) is 5.17 Å². The van der Waals surface area contributed by atoms with E-state index in [1.54, 1.807) is 6.08 Å². The van der Waals surface area contributed by atoms with E-state index in [0.29, 0.717) is 18.1 Å². The minimum atomic E-state index is -0.311. The van der Waals surface area contributed by atoms with Crippen LogP contribution in [-0.4, -0.2) is 24.3 Å². The van der Waals surface area contributed by atoms with E-state index in [1.807, 2.05) is 55.5 Å². The summed E-state index contributed by atoms with van der Waals surface area (Å²) in [7, 11) is 0. The van der Waals surface area contributed by atoms with Crippen molar-refractivity contribution < 1.29 is 14.3 Å². The van der Waals surface area contributed by atoms with Crippen LogP contribution in [0.5, 0.6) is 11.5 Å². The van der Waals surface area contributed by atoms with E-state index in [-0.39, 0.29) is 11.1 Å². The Bertz CT molecular complexity index is 862. The topological polar surface area (TPSA) is 73.9 Å². The number of nitrogens with zero attached hydrogens (tertiary/aromatic N) is 1. The van der Waals surface area contributed by atoms with Gasteiger partial charge in [0, 0.05) is 12.0 Å². The molecule has 2 aromatic rings. The third-order valence-corrected chi connectivity index (χ3v) is 4.55. The van der Waals surface area contributed by atoms with Gasteiger partial charge >= 0.3 is 0 Å². The number of carbonyl (C=O) groups excluding carboxylic acids is 1. The number of ether oxygens (including phenoxy) is 2. The van der Waals surface area contributed by atoms with Gasteiger partial charge in [-0.15, -0.1) is 0 Å². The average Bonchev–Trinajstić information content (AvgIpc) is 2.94. The van der Waals surface area contributed by atoms with Crippen LogP contribution in [0.25, 0.3) is 6.08 Å². The van der Waals surface area contributed by atoms with Gasteiger partial charge in [0.25, 0.3) is 5.91 Å². The molecule has 26 heavy (non-hydrogen) atoms. The third kappa shape index (κ3) is 4.67. The van der Waals surface area contributed by atoms with E-state index in [9.17, 15) is 4.79 Å². The Balaban J connectivity index is 1.54. The summed E-state index contributed by atoms with van der Waals surface area (Å²) in [6, 6.07) is 15.5. The van der Waals surface area contributed by atoms with Gasteiger partial charge < -0.3 is 15.2 Å². The molecule has 1 aliphatic heterocycles. The van der Waals surface area contributed by atoms with Crippen molar-refractivity contribution >= 4 is 28.9 Å². The van der Waals surface area contributed by atoms with Crippen LogP contribution in [0.4, 0.5) is 0 Å². The Kier molecular flexibility index (Phi) is 5.96. The Morgan fingerprint density at radius 3 is 2.38 bits per heavy atom.